The van der Waals surface area contributed by atoms with Crippen LogP contribution in [0.15, 0.2) is 48.8 Å². The zero-order chi connectivity index (χ0) is 18.6. The molecule has 1 N–H and O–H groups in total. The zero-order valence-electron chi connectivity index (χ0n) is 14.7. The fourth-order valence-corrected chi connectivity index (χ4v) is 2.71. The summed E-state index contributed by atoms with van der Waals surface area (Å²) in [6.45, 7) is 0.937. The molecule has 0 spiro atoms. The Bertz CT molecular complexity index is 942. The molecule has 3 heterocycles. The highest BCUT2D eigenvalue weighted by Crippen LogP contribution is 2.35. The minimum Gasteiger partial charge on any atom is -0.487 e. The van der Waals surface area contributed by atoms with Crippen molar-refractivity contribution in [3.05, 3.63) is 65.7 Å². The standard InChI is InChI=1S/C19H18N4O4/c1-23(10-13-3-2-6-20-9-13)19(24)16-7-14(21-22-16)11-25-15-4-5-17-18(8-15)27-12-26-17/h2-9H,10-12H2,1H3,(H,21,22). The molecule has 0 fully saturated rings. The first-order chi connectivity index (χ1) is 13.2. The lowest BCUT2D eigenvalue weighted by Gasteiger charge is -2.15. The second-order valence-corrected chi connectivity index (χ2v) is 6.10. The average Bonchev–Trinajstić information content (AvgIpc) is 3.35. The first-order valence-electron chi connectivity index (χ1n) is 8.40. The maximum atomic E-state index is 12.5. The highest BCUT2D eigenvalue weighted by atomic mass is 16.7. The molecule has 1 aliphatic heterocycles. The van der Waals surface area contributed by atoms with Crippen LogP contribution < -0.4 is 14.2 Å². The van der Waals surface area contributed by atoms with Crippen LogP contribution in [0.4, 0.5) is 0 Å². The summed E-state index contributed by atoms with van der Waals surface area (Å²) >= 11 is 0. The number of amides is 1. The molecule has 1 aliphatic rings. The van der Waals surface area contributed by atoms with Gasteiger partial charge in [0.1, 0.15) is 12.4 Å². The SMILES string of the molecule is CN(Cc1cccnc1)C(=O)c1cc(COc2ccc3c(c2)OCO3)[nH]n1. The molecule has 2 aromatic heterocycles. The number of carbonyl (C=O) groups excluding carboxylic acids is 1. The number of nitrogens with zero attached hydrogens (tertiary/aromatic N) is 3. The van der Waals surface area contributed by atoms with Crippen molar-refractivity contribution < 1.29 is 19.0 Å². The second-order valence-electron chi connectivity index (χ2n) is 6.10. The third-order valence-electron chi connectivity index (χ3n) is 4.08. The minimum atomic E-state index is -0.176. The Morgan fingerprint density at radius 2 is 2.15 bits per heavy atom. The zero-order valence-corrected chi connectivity index (χ0v) is 14.7. The number of pyridine rings is 1. The van der Waals surface area contributed by atoms with Gasteiger partial charge in [-0.15, -0.1) is 0 Å². The molecule has 27 heavy (non-hydrogen) atoms. The Morgan fingerprint density at radius 1 is 1.26 bits per heavy atom. The third-order valence-corrected chi connectivity index (χ3v) is 4.08. The summed E-state index contributed by atoms with van der Waals surface area (Å²) in [7, 11) is 1.73. The quantitative estimate of drug-likeness (QED) is 0.720. The van der Waals surface area contributed by atoms with Crippen LogP contribution in [0, 0.1) is 0 Å². The van der Waals surface area contributed by atoms with Crippen molar-refractivity contribution >= 4 is 5.91 Å². The molecule has 0 radical (unpaired) electrons. The highest BCUT2D eigenvalue weighted by molar-refractivity contribution is 5.92. The molecule has 4 rings (SSSR count). The molecule has 3 aromatic rings. The van der Waals surface area contributed by atoms with Gasteiger partial charge in [0.25, 0.3) is 5.91 Å². The Labute approximate surface area is 155 Å². The normalized spacial score (nSPS) is 12.0. The monoisotopic (exact) mass is 366 g/mol. The number of carbonyl (C=O) groups is 1. The summed E-state index contributed by atoms with van der Waals surface area (Å²) < 4.78 is 16.3. The van der Waals surface area contributed by atoms with E-state index in [2.05, 4.69) is 15.2 Å². The van der Waals surface area contributed by atoms with Crippen LogP contribution in [0.2, 0.25) is 0 Å². The smallest absolute Gasteiger partial charge is 0.274 e. The largest absolute Gasteiger partial charge is 0.487 e. The number of hydrogen-bond acceptors (Lipinski definition) is 6. The molecule has 0 unspecified atom stereocenters. The van der Waals surface area contributed by atoms with Gasteiger partial charge < -0.3 is 19.1 Å². The Hall–Kier alpha value is -3.55. The van der Waals surface area contributed by atoms with E-state index in [4.69, 9.17) is 14.2 Å². The lowest BCUT2D eigenvalue weighted by molar-refractivity contribution is 0.0779. The molecule has 1 amide bonds. The van der Waals surface area contributed by atoms with Crippen molar-refractivity contribution in [2.24, 2.45) is 0 Å². The summed E-state index contributed by atoms with van der Waals surface area (Å²) in [5.41, 5.74) is 1.99. The molecule has 0 saturated carbocycles. The maximum Gasteiger partial charge on any atom is 0.274 e. The van der Waals surface area contributed by atoms with E-state index >= 15 is 0 Å². The topological polar surface area (TPSA) is 89.6 Å². The van der Waals surface area contributed by atoms with Crippen LogP contribution in [-0.4, -0.2) is 39.8 Å². The van der Waals surface area contributed by atoms with Gasteiger partial charge in [0.05, 0.1) is 5.69 Å². The predicted molar refractivity (Wildman–Crippen MR) is 95.5 cm³/mol. The number of aromatic amines is 1. The summed E-state index contributed by atoms with van der Waals surface area (Å²) in [5.74, 6) is 1.83. The van der Waals surface area contributed by atoms with Crippen LogP contribution >= 0.6 is 0 Å². The first kappa shape index (κ1) is 16.9. The van der Waals surface area contributed by atoms with Crippen LogP contribution in [-0.2, 0) is 13.2 Å². The molecule has 0 saturated heterocycles. The van der Waals surface area contributed by atoms with Gasteiger partial charge >= 0.3 is 0 Å². The molecule has 0 bridgehead atoms. The number of nitrogens with one attached hydrogen (secondary N) is 1. The molecular weight excluding hydrogens is 348 g/mol. The summed E-state index contributed by atoms with van der Waals surface area (Å²) in [6, 6.07) is 10.8. The number of H-pyrrole nitrogens is 1. The number of ether oxygens (including phenoxy) is 3. The minimum absolute atomic E-state index is 0.176. The van der Waals surface area contributed by atoms with Crippen LogP contribution in [0.3, 0.4) is 0 Å². The van der Waals surface area contributed by atoms with Gasteiger partial charge in [0.15, 0.2) is 17.2 Å². The van der Waals surface area contributed by atoms with Crippen molar-refractivity contribution in [2.75, 3.05) is 13.8 Å². The number of rotatable bonds is 6. The van der Waals surface area contributed by atoms with Crippen molar-refractivity contribution in [3.8, 4) is 17.2 Å². The van der Waals surface area contributed by atoms with E-state index in [0.29, 0.717) is 35.2 Å². The number of hydrogen-bond donors (Lipinski definition) is 1. The lowest BCUT2D eigenvalue weighted by atomic mass is 10.2. The van der Waals surface area contributed by atoms with Crippen molar-refractivity contribution in [1.82, 2.24) is 20.1 Å². The van der Waals surface area contributed by atoms with E-state index in [1.165, 1.54) is 0 Å². The second kappa shape index (κ2) is 7.36. The Kier molecular flexibility index (Phi) is 4.61. The number of aromatic nitrogens is 3. The molecule has 8 nitrogen and oxygen atoms in total. The van der Waals surface area contributed by atoms with Crippen LogP contribution in [0.5, 0.6) is 17.2 Å². The molecule has 8 heteroatoms. The maximum absolute atomic E-state index is 12.5. The first-order valence-corrected chi connectivity index (χ1v) is 8.40. The molecule has 138 valence electrons. The van der Waals surface area contributed by atoms with Gasteiger partial charge in [-0.05, 0) is 29.8 Å². The van der Waals surface area contributed by atoms with E-state index in [1.54, 1.807) is 48.6 Å². The highest BCUT2D eigenvalue weighted by Gasteiger charge is 2.17. The van der Waals surface area contributed by atoms with Gasteiger partial charge in [-0.1, -0.05) is 6.07 Å². The summed E-state index contributed by atoms with van der Waals surface area (Å²) in [6.07, 6.45) is 3.43. The van der Waals surface area contributed by atoms with E-state index in [0.717, 1.165) is 5.56 Å². The van der Waals surface area contributed by atoms with Gasteiger partial charge in [-0.3, -0.25) is 14.9 Å². The van der Waals surface area contributed by atoms with Crippen LogP contribution in [0.1, 0.15) is 21.7 Å². The number of benzene rings is 1. The van der Waals surface area contributed by atoms with Gasteiger partial charge in [0.2, 0.25) is 6.79 Å². The summed E-state index contributed by atoms with van der Waals surface area (Å²) in [5, 5.41) is 6.93. The molecule has 1 aromatic carbocycles. The fourth-order valence-electron chi connectivity index (χ4n) is 2.71. The molecule has 0 atom stereocenters. The predicted octanol–water partition coefficient (Wildman–Crippen LogP) is 2.38. The fraction of sp³-hybridized carbons (Fsp3) is 0.211. The van der Waals surface area contributed by atoms with Gasteiger partial charge in [-0.25, -0.2) is 0 Å². The molecular formula is C19H18N4O4. The Morgan fingerprint density at radius 3 is 3.00 bits per heavy atom. The van der Waals surface area contributed by atoms with Gasteiger partial charge in [0, 0.05) is 32.1 Å². The van der Waals surface area contributed by atoms with Crippen LogP contribution in [0.25, 0.3) is 0 Å². The van der Waals surface area contributed by atoms with Gasteiger partial charge in [-0.2, -0.15) is 5.10 Å². The molecule has 0 aliphatic carbocycles. The van der Waals surface area contributed by atoms with E-state index in [9.17, 15) is 4.79 Å². The van der Waals surface area contributed by atoms with E-state index < -0.39 is 0 Å². The van der Waals surface area contributed by atoms with Crippen molar-refractivity contribution in [3.63, 3.8) is 0 Å². The lowest BCUT2D eigenvalue weighted by Crippen LogP contribution is -2.26. The van der Waals surface area contributed by atoms with E-state index in [1.807, 2.05) is 12.1 Å². The van der Waals surface area contributed by atoms with Crippen molar-refractivity contribution in [2.45, 2.75) is 13.2 Å². The Balaban J connectivity index is 1.36. The van der Waals surface area contributed by atoms with E-state index in [-0.39, 0.29) is 19.3 Å². The summed E-state index contributed by atoms with van der Waals surface area (Å²) in [4.78, 5) is 18.2. The third kappa shape index (κ3) is 3.84. The average molecular weight is 366 g/mol. The van der Waals surface area contributed by atoms with Crippen molar-refractivity contribution in [1.29, 1.82) is 0 Å². The number of fused-ring (bicyclic) bond motifs is 1.